The lowest BCUT2D eigenvalue weighted by molar-refractivity contribution is -0.141. The van der Waals surface area contributed by atoms with Crippen LogP contribution < -0.4 is 0 Å². The molecule has 0 fully saturated rings. The smallest absolute Gasteiger partial charge is 0.307 e. The van der Waals surface area contributed by atoms with Gasteiger partial charge in [-0.2, -0.15) is 0 Å². The van der Waals surface area contributed by atoms with Gasteiger partial charge in [0.05, 0.1) is 5.92 Å². The van der Waals surface area contributed by atoms with E-state index in [0.717, 1.165) is 25.1 Å². The standard InChI is InChI=1S/C16H27NO2/c1-13(2)11-17(12-14(3)16(18)19)10-9-15-7-5-4-6-8-15/h7,14H,1,4-6,8-12H2,2-3H3,(H,18,19). The van der Waals surface area contributed by atoms with Crippen LogP contribution in [0, 0.1) is 5.92 Å². The SMILES string of the molecule is C=C(C)CN(CCC1=CCCCC1)CC(C)C(=O)O. The van der Waals surface area contributed by atoms with Crippen LogP contribution in [0.1, 0.15) is 46.0 Å². The molecule has 0 amide bonds. The Morgan fingerprint density at radius 2 is 2.26 bits per heavy atom. The Kier molecular flexibility index (Phi) is 6.85. The monoisotopic (exact) mass is 265 g/mol. The zero-order chi connectivity index (χ0) is 14.3. The fourth-order valence-electron chi connectivity index (χ4n) is 2.52. The van der Waals surface area contributed by atoms with Gasteiger partial charge in [0, 0.05) is 19.6 Å². The van der Waals surface area contributed by atoms with Gasteiger partial charge in [-0.3, -0.25) is 9.69 Å². The van der Waals surface area contributed by atoms with Crippen LogP contribution in [0.3, 0.4) is 0 Å². The van der Waals surface area contributed by atoms with Gasteiger partial charge in [-0.25, -0.2) is 0 Å². The Morgan fingerprint density at radius 1 is 1.53 bits per heavy atom. The highest BCUT2D eigenvalue weighted by atomic mass is 16.4. The van der Waals surface area contributed by atoms with Crippen LogP contribution >= 0.6 is 0 Å². The van der Waals surface area contributed by atoms with Gasteiger partial charge in [0.1, 0.15) is 0 Å². The van der Waals surface area contributed by atoms with Crippen molar-refractivity contribution in [2.45, 2.75) is 46.0 Å². The fourth-order valence-corrected chi connectivity index (χ4v) is 2.52. The van der Waals surface area contributed by atoms with Gasteiger partial charge >= 0.3 is 5.97 Å². The van der Waals surface area contributed by atoms with Gasteiger partial charge in [-0.05, 0) is 39.0 Å². The number of carbonyl (C=O) groups is 1. The molecule has 0 aromatic heterocycles. The molecule has 0 heterocycles. The van der Waals surface area contributed by atoms with Gasteiger partial charge in [-0.1, -0.05) is 30.7 Å². The number of rotatable bonds is 8. The molecular formula is C16H27NO2. The molecule has 0 saturated carbocycles. The summed E-state index contributed by atoms with van der Waals surface area (Å²) >= 11 is 0. The largest absolute Gasteiger partial charge is 0.481 e. The van der Waals surface area contributed by atoms with Gasteiger partial charge in [-0.15, -0.1) is 0 Å². The highest BCUT2D eigenvalue weighted by Gasteiger charge is 2.16. The van der Waals surface area contributed by atoms with Crippen molar-refractivity contribution in [3.05, 3.63) is 23.8 Å². The number of aliphatic carboxylic acids is 1. The third-order valence-electron chi connectivity index (χ3n) is 3.58. The van der Waals surface area contributed by atoms with Crippen LogP contribution in [0.4, 0.5) is 0 Å². The van der Waals surface area contributed by atoms with E-state index in [1.807, 2.05) is 6.92 Å². The van der Waals surface area contributed by atoms with Crippen molar-refractivity contribution in [3.63, 3.8) is 0 Å². The molecule has 0 saturated heterocycles. The molecule has 3 heteroatoms. The van der Waals surface area contributed by atoms with E-state index >= 15 is 0 Å². The molecule has 0 aliphatic heterocycles. The van der Waals surface area contributed by atoms with Crippen molar-refractivity contribution in [1.29, 1.82) is 0 Å². The van der Waals surface area contributed by atoms with E-state index in [1.54, 1.807) is 12.5 Å². The molecule has 0 aromatic rings. The second-order valence-corrected chi connectivity index (χ2v) is 5.79. The molecule has 0 spiro atoms. The molecule has 1 N–H and O–H groups in total. The van der Waals surface area contributed by atoms with E-state index in [4.69, 9.17) is 5.11 Å². The van der Waals surface area contributed by atoms with Gasteiger partial charge in [0.2, 0.25) is 0 Å². The fraction of sp³-hybridized carbons (Fsp3) is 0.688. The maximum Gasteiger partial charge on any atom is 0.307 e. The van der Waals surface area contributed by atoms with E-state index < -0.39 is 5.97 Å². The van der Waals surface area contributed by atoms with Gasteiger partial charge < -0.3 is 5.11 Å². The quantitative estimate of drug-likeness (QED) is 0.683. The zero-order valence-electron chi connectivity index (χ0n) is 12.3. The molecule has 0 radical (unpaired) electrons. The third kappa shape index (κ3) is 6.58. The maximum atomic E-state index is 11.0. The third-order valence-corrected chi connectivity index (χ3v) is 3.58. The molecule has 108 valence electrons. The highest BCUT2D eigenvalue weighted by Crippen LogP contribution is 2.20. The normalized spacial score (nSPS) is 17.1. The average Bonchev–Trinajstić information content (AvgIpc) is 2.36. The van der Waals surface area contributed by atoms with Crippen molar-refractivity contribution in [2.24, 2.45) is 5.92 Å². The lowest BCUT2D eigenvalue weighted by atomic mass is 9.97. The average molecular weight is 265 g/mol. The number of hydrogen-bond acceptors (Lipinski definition) is 2. The van der Waals surface area contributed by atoms with Crippen molar-refractivity contribution in [1.82, 2.24) is 4.90 Å². The molecule has 3 nitrogen and oxygen atoms in total. The minimum Gasteiger partial charge on any atom is -0.481 e. The molecule has 1 aliphatic rings. The summed E-state index contributed by atoms with van der Waals surface area (Å²) in [6.07, 6.45) is 8.48. The minimum atomic E-state index is -0.719. The first-order chi connectivity index (χ1) is 8.99. The highest BCUT2D eigenvalue weighted by molar-refractivity contribution is 5.69. The molecule has 1 unspecified atom stereocenters. The van der Waals surface area contributed by atoms with Gasteiger partial charge in [0.15, 0.2) is 0 Å². The number of hydrogen-bond donors (Lipinski definition) is 1. The predicted molar refractivity (Wildman–Crippen MR) is 79.2 cm³/mol. The Morgan fingerprint density at radius 3 is 2.79 bits per heavy atom. The summed E-state index contributed by atoms with van der Waals surface area (Å²) in [7, 11) is 0. The first-order valence-corrected chi connectivity index (χ1v) is 7.26. The summed E-state index contributed by atoms with van der Waals surface area (Å²) in [6, 6.07) is 0. The summed E-state index contributed by atoms with van der Waals surface area (Å²) in [6.45, 7) is 10.1. The van der Waals surface area contributed by atoms with E-state index in [0.29, 0.717) is 6.54 Å². The first kappa shape index (κ1) is 16.0. The van der Waals surface area contributed by atoms with E-state index in [1.165, 1.54) is 25.7 Å². The Hall–Kier alpha value is -1.09. The van der Waals surface area contributed by atoms with Crippen molar-refractivity contribution >= 4 is 5.97 Å². The second kappa shape index (κ2) is 8.16. The van der Waals surface area contributed by atoms with Crippen LogP contribution in [0.5, 0.6) is 0 Å². The van der Waals surface area contributed by atoms with Crippen LogP contribution in [0.2, 0.25) is 0 Å². The molecule has 0 aromatic carbocycles. The lowest BCUT2D eigenvalue weighted by Crippen LogP contribution is -2.34. The summed E-state index contributed by atoms with van der Waals surface area (Å²) < 4.78 is 0. The summed E-state index contributed by atoms with van der Waals surface area (Å²) in [5.74, 6) is -1.04. The number of carboxylic acid groups (broad SMARTS) is 1. The first-order valence-electron chi connectivity index (χ1n) is 7.26. The maximum absolute atomic E-state index is 11.0. The number of nitrogens with zero attached hydrogens (tertiary/aromatic N) is 1. The van der Waals surface area contributed by atoms with E-state index in [2.05, 4.69) is 17.6 Å². The summed E-state index contributed by atoms with van der Waals surface area (Å²) in [5.41, 5.74) is 2.64. The Balaban J connectivity index is 2.46. The van der Waals surface area contributed by atoms with Crippen molar-refractivity contribution in [3.8, 4) is 0 Å². The molecule has 0 bridgehead atoms. The van der Waals surface area contributed by atoms with Gasteiger partial charge in [0.25, 0.3) is 0 Å². The summed E-state index contributed by atoms with van der Waals surface area (Å²) in [5, 5.41) is 9.02. The Bertz CT molecular complexity index is 347. The van der Waals surface area contributed by atoms with E-state index in [9.17, 15) is 4.79 Å². The number of carboxylic acids is 1. The molecule has 1 aliphatic carbocycles. The Labute approximate surface area is 117 Å². The molecule has 19 heavy (non-hydrogen) atoms. The second-order valence-electron chi connectivity index (χ2n) is 5.79. The van der Waals surface area contributed by atoms with Crippen LogP contribution in [-0.4, -0.2) is 35.6 Å². The zero-order valence-corrected chi connectivity index (χ0v) is 12.3. The molecule has 1 atom stereocenters. The lowest BCUT2D eigenvalue weighted by Gasteiger charge is -2.25. The van der Waals surface area contributed by atoms with Crippen LogP contribution in [0.15, 0.2) is 23.8 Å². The predicted octanol–water partition coefficient (Wildman–Crippen LogP) is 3.48. The van der Waals surface area contributed by atoms with E-state index in [-0.39, 0.29) is 5.92 Å². The van der Waals surface area contributed by atoms with Crippen LogP contribution in [0.25, 0.3) is 0 Å². The summed E-state index contributed by atoms with van der Waals surface area (Å²) in [4.78, 5) is 13.2. The molecule has 1 rings (SSSR count). The number of allylic oxidation sites excluding steroid dienone is 1. The molecular weight excluding hydrogens is 238 g/mol. The minimum absolute atomic E-state index is 0.320. The van der Waals surface area contributed by atoms with Crippen molar-refractivity contribution in [2.75, 3.05) is 19.6 Å². The van der Waals surface area contributed by atoms with Crippen LogP contribution in [-0.2, 0) is 4.79 Å². The van der Waals surface area contributed by atoms with Crippen molar-refractivity contribution < 1.29 is 9.90 Å². The topological polar surface area (TPSA) is 40.5 Å².